The van der Waals surface area contributed by atoms with Gasteiger partial charge in [-0.2, -0.15) is 5.10 Å². The summed E-state index contributed by atoms with van der Waals surface area (Å²) in [6.45, 7) is 0. The van der Waals surface area contributed by atoms with Gasteiger partial charge in [-0.3, -0.25) is 9.89 Å². The number of aromatic nitrogens is 4. The summed E-state index contributed by atoms with van der Waals surface area (Å²) < 4.78 is 4.92. The molecule has 7 heteroatoms. The van der Waals surface area contributed by atoms with Crippen molar-refractivity contribution < 1.29 is 9.21 Å². The van der Waals surface area contributed by atoms with Gasteiger partial charge in [-0.15, -0.1) is 0 Å². The number of aromatic amines is 1. The number of nitrogens with one attached hydrogen (secondary N) is 2. The third-order valence-corrected chi connectivity index (χ3v) is 6.23. The van der Waals surface area contributed by atoms with E-state index < -0.39 is 0 Å². The lowest BCUT2D eigenvalue weighted by Crippen LogP contribution is -2.23. The van der Waals surface area contributed by atoms with Crippen molar-refractivity contribution in [3.63, 3.8) is 0 Å². The minimum Gasteiger partial charge on any atom is -0.451 e. The fourth-order valence-corrected chi connectivity index (χ4v) is 4.55. The van der Waals surface area contributed by atoms with Gasteiger partial charge < -0.3 is 9.73 Å². The maximum atomic E-state index is 12.3. The van der Waals surface area contributed by atoms with Crippen LogP contribution in [0.3, 0.4) is 0 Å². The summed E-state index contributed by atoms with van der Waals surface area (Å²) in [5.41, 5.74) is 4.57. The van der Waals surface area contributed by atoms with E-state index in [4.69, 9.17) is 4.42 Å². The molecule has 2 N–H and O–H groups in total. The smallest absolute Gasteiger partial charge is 0.188 e. The number of carbonyl (C=O) groups is 1. The lowest BCUT2D eigenvalue weighted by atomic mass is 9.95. The van der Waals surface area contributed by atoms with Crippen molar-refractivity contribution in [2.75, 3.05) is 5.32 Å². The molecule has 7 nitrogen and oxygen atoms in total. The highest BCUT2D eigenvalue weighted by atomic mass is 16.3. The molecule has 1 saturated carbocycles. The van der Waals surface area contributed by atoms with Gasteiger partial charge in [-0.1, -0.05) is 43.5 Å². The van der Waals surface area contributed by atoms with Crippen molar-refractivity contribution in [1.82, 2.24) is 20.2 Å². The SMILES string of the molecule is O=C(Cc1cccc(CCc2[nH]nc3ccnc(NC4CCCCC4)c23)c1)c1cocn1. The summed E-state index contributed by atoms with van der Waals surface area (Å²) >= 11 is 0. The zero-order chi connectivity index (χ0) is 21.8. The number of benzene rings is 1. The first-order valence-electron chi connectivity index (χ1n) is 11.3. The lowest BCUT2D eigenvalue weighted by molar-refractivity contribution is 0.0988. The van der Waals surface area contributed by atoms with Crippen LogP contribution < -0.4 is 5.32 Å². The molecule has 0 saturated heterocycles. The van der Waals surface area contributed by atoms with Gasteiger partial charge in [0.1, 0.15) is 17.8 Å². The second-order valence-electron chi connectivity index (χ2n) is 8.53. The zero-order valence-corrected chi connectivity index (χ0v) is 18.0. The highest BCUT2D eigenvalue weighted by molar-refractivity contribution is 5.95. The first-order valence-corrected chi connectivity index (χ1v) is 11.3. The number of H-pyrrole nitrogens is 1. The van der Waals surface area contributed by atoms with Gasteiger partial charge in [0.15, 0.2) is 12.2 Å². The maximum absolute atomic E-state index is 12.3. The maximum Gasteiger partial charge on any atom is 0.188 e. The topological polar surface area (TPSA) is 96.7 Å². The molecule has 1 fully saturated rings. The van der Waals surface area contributed by atoms with E-state index in [2.05, 4.69) is 37.6 Å². The van der Waals surface area contributed by atoms with Crippen LogP contribution in [-0.4, -0.2) is 32.0 Å². The standard InChI is InChI=1S/C25H27N5O2/c31-23(22-15-32-16-27-22)14-18-6-4-5-17(13-18)9-10-20-24-21(30-29-20)11-12-26-25(24)28-19-7-2-1-3-8-19/h4-6,11-13,15-16,19H,1-3,7-10,14H2,(H,26,28)(H,29,30). The van der Waals surface area contributed by atoms with E-state index in [-0.39, 0.29) is 5.78 Å². The Morgan fingerprint density at radius 1 is 1.09 bits per heavy atom. The van der Waals surface area contributed by atoms with Crippen LogP contribution in [0.25, 0.3) is 10.9 Å². The number of hydrogen-bond acceptors (Lipinski definition) is 6. The third-order valence-electron chi connectivity index (χ3n) is 6.23. The monoisotopic (exact) mass is 429 g/mol. The Morgan fingerprint density at radius 3 is 2.81 bits per heavy atom. The number of anilines is 1. The molecular formula is C25H27N5O2. The van der Waals surface area contributed by atoms with Crippen LogP contribution in [0.5, 0.6) is 0 Å². The van der Waals surface area contributed by atoms with Gasteiger partial charge in [-0.25, -0.2) is 9.97 Å². The normalized spacial score (nSPS) is 14.6. The first-order chi connectivity index (χ1) is 15.8. The summed E-state index contributed by atoms with van der Waals surface area (Å²) in [6, 6.07) is 10.6. The van der Waals surface area contributed by atoms with Crippen LogP contribution >= 0.6 is 0 Å². The minimum atomic E-state index is -0.0417. The molecule has 0 amide bonds. The van der Waals surface area contributed by atoms with Crippen molar-refractivity contribution in [1.29, 1.82) is 0 Å². The van der Waals surface area contributed by atoms with E-state index in [1.165, 1.54) is 50.3 Å². The van der Waals surface area contributed by atoms with Crippen molar-refractivity contribution in [2.24, 2.45) is 0 Å². The van der Waals surface area contributed by atoms with Gasteiger partial charge >= 0.3 is 0 Å². The number of carbonyl (C=O) groups excluding carboxylic acids is 1. The number of oxazole rings is 1. The summed E-state index contributed by atoms with van der Waals surface area (Å²) in [6.07, 6.45) is 12.8. The Balaban J connectivity index is 1.29. The molecule has 3 heterocycles. The molecule has 0 atom stereocenters. The number of Topliss-reactive ketones (excluding diaryl/α,β-unsaturated/α-hetero) is 1. The lowest BCUT2D eigenvalue weighted by Gasteiger charge is -2.23. The Kier molecular flexibility index (Phi) is 5.96. The summed E-state index contributed by atoms with van der Waals surface area (Å²) in [4.78, 5) is 20.9. The summed E-state index contributed by atoms with van der Waals surface area (Å²) in [5.74, 6) is 0.894. The Labute approximate surface area is 186 Å². The molecule has 3 aromatic heterocycles. The van der Waals surface area contributed by atoms with Gasteiger partial charge in [0.05, 0.1) is 10.9 Å². The number of rotatable bonds is 8. The molecule has 0 unspecified atom stereocenters. The van der Waals surface area contributed by atoms with Crippen LogP contribution in [-0.2, 0) is 19.3 Å². The molecule has 5 rings (SSSR count). The molecule has 0 bridgehead atoms. The van der Waals surface area contributed by atoms with E-state index >= 15 is 0 Å². The number of pyridine rings is 1. The number of ketones is 1. The van der Waals surface area contributed by atoms with Gasteiger partial charge in [-0.05, 0) is 42.9 Å². The first kappa shape index (κ1) is 20.4. The van der Waals surface area contributed by atoms with E-state index in [9.17, 15) is 4.79 Å². The summed E-state index contributed by atoms with van der Waals surface area (Å²) in [7, 11) is 0. The average Bonchev–Trinajstić information content (AvgIpc) is 3.50. The molecule has 0 radical (unpaired) electrons. The Hall–Kier alpha value is -3.48. The van der Waals surface area contributed by atoms with Gasteiger partial charge in [0, 0.05) is 24.4 Å². The number of fused-ring (bicyclic) bond motifs is 1. The Morgan fingerprint density at radius 2 is 1.97 bits per heavy atom. The molecule has 0 aliphatic heterocycles. The molecule has 1 aliphatic rings. The molecule has 1 aliphatic carbocycles. The van der Waals surface area contributed by atoms with E-state index in [1.54, 1.807) is 0 Å². The molecule has 164 valence electrons. The van der Waals surface area contributed by atoms with Crippen LogP contribution in [0.2, 0.25) is 0 Å². The van der Waals surface area contributed by atoms with Crippen molar-refractivity contribution >= 4 is 22.5 Å². The molecule has 4 aromatic rings. The number of hydrogen-bond donors (Lipinski definition) is 2. The van der Waals surface area contributed by atoms with Crippen LogP contribution in [0.4, 0.5) is 5.82 Å². The van der Waals surface area contributed by atoms with Crippen LogP contribution in [0.1, 0.15) is 59.4 Å². The van der Waals surface area contributed by atoms with Crippen LogP contribution in [0.15, 0.2) is 53.6 Å². The van der Waals surface area contributed by atoms with Gasteiger partial charge in [0.2, 0.25) is 0 Å². The average molecular weight is 430 g/mol. The predicted octanol–water partition coefficient (Wildman–Crippen LogP) is 4.90. The van der Waals surface area contributed by atoms with Gasteiger partial charge in [0.25, 0.3) is 0 Å². The predicted molar refractivity (Wildman–Crippen MR) is 123 cm³/mol. The van der Waals surface area contributed by atoms with E-state index in [1.807, 2.05) is 24.4 Å². The number of aryl methyl sites for hydroxylation is 2. The van der Waals surface area contributed by atoms with Crippen molar-refractivity contribution in [2.45, 2.75) is 57.4 Å². The van der Waals surface area contributed by atoms with E-state index in [0.717, 1.165) is 40.8 Å². The highest BCUT2D eigenvalue weighted by Crippen LogP contribution is 2.28. The molecule has 32 heavy (non-hydrogen) atoms. The van der Waals surface area contributed by atoms with Crippen molar-refractivity contribution in [3.8, 4) is 0 Å². The molecule has 0 spiro atoms. The zero-order valence-electron chi connectivity index (χ0n) is 18.0. The van der Waals surface area contributed by atoms with Crippen molar-refractivity contribution in [3.05, 3.63) is 71.7 Å². The highest BCUT2D eigenvalue weighted by Gasteiger charge is 2.17. The fraction of sp³-hybridized carbons (Fsp3) is 0.360. The number of nitrogens with zero attached hydrogens (tertiary/aromatic N) is 3. The molecular weight excluding hydrogens is 402 g/mol. The summed E-state index contributed by atoms with van der Waals surface area (Å²) in [5, 5.41) is 12.5. The second kappa shape index (κ2) is 9.34. The quantitative estimate of drug-likeness (QED) is 0.387. The second-order valence-corrected chi connectivity index (χ2v) is 8.53. The molecule has 1 aromatic carbocycles. The largest absolute Gasteiger partial charge is 0.451 e. The van der Waals surface area contributed by atoms with Crippen LogP contribution in [0, 0.1) is 0 Å². The Bertz CT molecular complexity index is 1190. The minimum absolute atomic E-state index is 0.0417. The fourth-order valence-electron chi connectivity index (χ4n) is 4.55. The third kappa shape index (κ3) is 4.56. The van der Waals surface area contributed by atoms with E-state index in [0.29, 0.717) is 18.2 Å².